The van der Waals surface area contributed by atoms with Crippen molar-refractivity contribution in [3.05, 3.63) is 29.6 Å². The van der Waals surface area contributed by atoms with Gasteiger partial charge in [-0.15, -0.1) is 0 Å². The van der Waals surface area contributed by atoms with E-state index in [1.807, 2.05) is 13.0 Å². The molecule has 0 heterocycles. The monoisotopic (exact) mass is 237 g/mol. The van der Waals surface area contributed by atoms with E-state index < -0.39 is 0 Å². The molecule has 0 aromatic heterocycles. The van der Waals surface area contributed by atoms with Gasteiger partial charge in [0.1, 0.15) is 5.82 Å². The summed E-state index contributed by atoms with van der Waals surface area (Å²) in [5.74, 6) is 1.62. The average Bonchev–Trinajstić information content (AvgIpc) is 2.21. The first-order valence-corrected chi connectivity index (χ1v) is 6.42. The van der Waals surface area contributed by atoms with E-state index in [2.05, 4.69) is 33.0 Å². The number of hydrogen-bond acceptors (Lipinski definition) is 1. The Morgan fingerprint density at radius 2 is 1.71 bits per heavy atom. The Bertz CT molecular complexity index is 330. The molecule has 0 aliphatic carbocycles. The number of nitrogens with one attached hydrogen (secondary N) is 1. The Balaban J connectivity index is 2.72. The van der Waals surface area contributed by atoms with Crippen molar-refractivity contribution in [2.24, 2.45) is 17.8 Å². The average molecular weight is 237 g/mol. The number of aryl methyl sites for hydroxylation is 1. The standard InChI is InChI=1S/C15H24FN/c1-10(2)13(11(3)4)9-17-15-12(5)7-6-8-14(15)16/h6-8,10-11,13,17H,9H2,1-5H3. The van der Waals surface area contributed by atoms with Crippen LogP contribution in [-0.2, 0) is 0 Å². The fourth-order valence-corrected chi connectivity index (χ4v) is 2.32. The molecule has 0 fully saturated rings. The summed E-state index contributed by atoms with van der Waals surface area (Å²) in [7, 11) is 0. The lowest BCUT2D eigenvalue weighted by Gasteiger charge is -2.26. The van der Waals surface area contributed by atoms with Crippen LogP contribution < -0.4 is 5.32 Å². The molecule has 1 aromatic carbocycles. The minimum atomic E-state index is -0.156. The molecule has 1 nitrogen and oxygen atoms in total. The fraction of sp³-hybridized carbons (Fsp3) is 0.600. The lowest BCUT2D eigenvalue weighted by Crippen LogP contribution is -2.25. The van der Waals surface area contributed by atoms with Crippen LogP contribution in [0.3, 0.4) is 0 Å². The molecule has 1 rings (SSSR count). The maximum atomic E-state index is 13.6. The molecule has 0 atom stereocenters. The van der Waals surface area contributed by atoms with Crippen LogP contribution in [0.5, 0.6) is 0 Å². The molecule has 0 saturated carbocycles. The van der Waals surface area contributed by atoms with Crippen LogP contribution in [0.15, 0.2) is 18.2 Å². The maximum absolute atomic E-state index is 13.6. The summed E-state index contributed by atoms with van der Waals surface area (Å²) in [4.78, 5) is 0. The largest absolute Gasteiger partial charge is 0.382 e. The highest BCUT2D eigenvalue weighted by molar-refractivity contribution is 5.51. The number of benzene rings is 1. The van der Waals surface area contributed by atoms with Gasteiger partial charge in [0.15, 0.2) is 0 Å². The Hall–Kier alpha value is -1.05. The van der Waals surface area contributed by atoms with Crippen molar-refractivity contribution in [1.29, 1.82) is 0 Å². The predicted octanol–water partition coefficient (Wildman–Crippen LogP) is 4.47. The van der Waals surface area contributed by atoms with Crippen molar-refractivity contribution in [2.45, 2.75) is 34.6 Å². The van der Waals surface area contributed by atoms with Gasteiger partial charge < -0.3 is 5.32 Å². The van der Waals surface area contributed by atoms with Gasteiger partial charge in [-0.1, -0.05) is 39.8 Å². The number of anilines is 1. The zero-order chi connectivity index (χ0) is 13.0. The fourth-order valence-electron chi connectivity index (χ4n) is 2.32. The third-order valence-corrected chi connectivity index (χ3v) is 3.45. The Morgan fingerprint density at radius 3 is 2.18 bits per heavy atom. The number of hydrogen-bond donors (Lipinski definition) is 1. The molecule has 2 heteroatoms. The highest BCUT2D eigenvalue weighted by Crippen LogP contribution is 2.24. The first kappa shape index (κ1) is 14.0. The van der Waals surface area contributed by atoms with Crippen molar-refractivity contribution >= 4 is 5.69 Å². The molecule has 17 heavy (non-hydrogen) atoms. The van der Waals surface area contributed by atoms with Crippen LogP contribution in [0.4, 0.5) is 10.1 Å². The lowest BCUT2D eigenvalue weighted by molar-refractivity contribution is 0.304. The SMILES string of the molecule is Cc1cccc(F)c1NCC(C(C)C)C(C)C. The molecule has 0 bridgehead atoms. The molecule has 0 radical (unpaired) electrons. The van der Waals surface area contributed by atoms with Crippen LogP contribution in [0.25, 0.3) is 0 Å². The van der Waals surface area contributed by atoms with E-state index in [4.69, 9.17) is 0 Å². The smallest absolute Gasteiger partial charge is 0.146 e. The highest BCUT2D eigenvalue weighted by Gasteiger charge is 2.18. The first-order chi connectivity index (χ1) is 7.93. The summed E-state index contributed by atoms with van der Waals surface area (Å²) >= 11 is 0. The quantitative estimate of drug-likeness (QED) is 0.796. The van der Waals surface area contributed by atoms with E-state index >= 15 is 0 Å². The molecule has 0 aliphatic heterocycles. The molecule has 1 aromatic rings. The Labute approximate surface area is 104 Å². The molecular weight excluding hydrogens is 213 g/mol. The van der Waals surface area contributed by atoms with Gasteiger partial charge in [-0.05, 0) is 36.3 Å². The Kier molecular flexibility index (Phi) is 4.98. The third-order valence-electron chi connectivity index (χ3n) is 3.45. The van der Waals surface area contributed by atoms with Crippen LogP contribution >= 0.6 is 0 Å². The van der Waals surface area contributed by atoms with Crippen LogP contribution in [0.1, 0.15) is 33.3 Å². The zero-order valence-corrected chi connectivity index (χ0v) is 11.5. The summed E-state index contributed by atoms with van der Waals surface area (Å²) in [6.07, 6.45) is 0. The van der Waals surface area contributed by atoms with Gasteiger partial charge in [-0.3, -0.25) is 0 Å². The summed E-state index contributed by atoms with van der Waals surface area (Å²) in [5.41, 5.74) is 1.62. The van der Waals surface area contributed by atoms with Gasteiger partial charge in [0, 0.05) is 6.54 Å². The van der Waals surface area contributed by atoms with E-state index in [1.54, 1.807) is 6.07 Å². The molecule has 0 saturated heterocycles. The second-order valence-corrected chi connectivity index (χ2v) is 5.46. The molecule has 0 aliphatic rings. The van der Waals surface area contributed by atoms with Gasteiger partial charge in [0.2, 0.25) is 0 Å². The normalized spacial score (nSPS) is 11.6. The number of rotatable bonds is 5. The topological polar surface area (TPSA) is 12.0 Å². The van der Waals surface area contributed by atoms with Crippen molar-refractivity contribution in [1.82, 2.24) is 0 Å². The number of para-hydroxylation sites is 1. The number of halogens is 1. The van der Waals surface area contributed by atoms with E-state index in [-0.39, 0.29) is 5.82 Å². The summed E-state index contributed by atoms with van der Waals surface area (Å²) in [5, 5.41) is 3.27. The molecule has 0 amide bonds. The highest BCUT2D eigenvalue weighted by atomic mass is 19.1. The summed E-state index contributed by atoms with van der Waals surface area (Å²) < 4.78 is 13.6. The molecule has 0 unspecified atom stereocenters. The minimum Gasteiger partial charge on any atom is -0.382 e. The molecule has 96 valence electrons. The molecular formula is C15H24FN. The first-order valence-electron chi connectivity index (χ1n) is 6.42. The minimum absolute atomic E-state index is 0.156. The maximum Gasteiger partial charge on any atom is 0.146 e. The van der Waals surface area contributed by atoms with Crippen molar-refractivity contribution < 1.29 is 4.39 Å². The summed E-state index contributed by atoms with van der Waals surface area (Å²) in [6, 6.07) is 5.19. The zero-order valence-electron chi connectivity index (χ0n) is 11.5. The van der Waals surface area contributed by atoms with Crippen LogP contribution in [0.2, 0.25) is 0 Å². The van der Waals surface area contributed by atoms with E-state index in [0.717, 1.165) is 12.1 Å². The van der Waals surface area contributed by atoms with E-state index in [1.165, 1.54) is 6.07 Å². The second kappa shape index (κ2) is 6.04. The second-order valence-electron chi connectivity index (χ2n) is 5.46. The van der Waals surface area contributed by atoms with Gasteiger partial charge in [-0.2, -0.15) is 0 Å². The van der Waals surface area contributed by atoms with Crippen molar-refractivity contribution in [3.63, 3.8) is 0 Å². The van der Waals surface area contributed by atoms with Crippen LogP contribution in [0, 0.1) is 30.5 Å². The van der Waals surface area contributed by atoms with Crippen LogP contribution in [-0.4, -0.2) is 6.54 Å². The van der Waals surface area contributed by atoms with E-state index in [9.17, 15) is 4.39 Å². The van der Waals surface area contributed by atoms with Crippen molar-refractivity contribution in [2.75, 3.05) is 11.9 Å². The van der Waals surface area contributed by atoms with Gasteiger partial charge in [0.25, 0.3) is 0 Å². The van der Waals surface area contributed by atoms with Crippen molar-refractivity contribution in [3.8, 4) is 0 Å². The van der Waals surface area contributed by atoms with Gasteiger partial charge in [-0.25, -0.2) is 4.39 Å². The predicted molar refractivity (Wildman–Crippen MR) is 72.8 cm³/mol. The molecule has 1 N–H and O–H groups in total. The van der Waals surface area contributed by atoms with Gasteiger partial charge in [0.05, 0.1) is 5.69 Å². The lowest BCUT2D eigenvalue weighted by atomic mass is 9.85. The Morgan fingerprint density at radius 1 is 1.12 bits per heavy atom. The third kappa shape index (κ3) is 3.72. The van der Waals surface area contributed by atoms with Gasteiger partial charge >= 0.3 is 0 Å². The summed E-state index contributed by atoms with van der Waals surface area (Å²) in [6.45, 7) is 11.7. The molecule has 0 spiro atoms. The van der Waals surface area contributed by atoms with E-state index in [0.29, 0.717) is 23.4 Å².